The summed E-state index contributed by atoms with van der Waals surface area (Å²) in [5.41, 5.74) is 5.72. The molecule has 1 aromatic heterocycles. The lowest BCUT2D eigenvalue weighted by molar-refractivity contribution is 0.209. The van der Waals surface area contributed by atoms with E-state index >= 15 is 0 Å². The van der Waals surface area contributed by atoms with Crippen LogP contribution in [0, 0.1) is 0 Å². The summed E-state index contributed by atoms with van der Waals surface area (Å²) in [7, 11) is 1.67. The number of nitrogens with zero attached hydrogens (tertiary/aromatic N) is 4. The maximum Gasteiger partial charge on any atom is 0.181 e. The van der Waals surface area contributed by atoms with Crippen molar-refractivity contribution in [3.8, 4) is 5.75 Å². The van der Waals surface area contributed by atoms with Gasteiger partial charge in [0.15, 0.2) is 5.82 Å². The van der Waals surface area contributed by atoms with Crippen LogP contribution in [0.4, 0.5) is 4.39 Å². The number of piperidine rings is 1. The van der Waals surface area contributed by atoms with Gasteiger partial charge in [-0.05, 0) is 81.0 Å². The summed E-state index contributed by atoms with van der Waals surface area (Å²) < 4.78 is 25.5. The number of tetrazole rings is 1. The standard InChI is InChI=1S/C27H32FN5O2/c1-4-24-23(7-5-18(2)28)25(22-8-6-21(34-3)15-20(22)16-35-24)19-9-13-33(14-10-19)17-27(11-12-27)26-29-31-32-30-26/h4-8,15H,9-14,16-17H2,1-3H3,(H,29,30,31,32)/b18-5+,23-7+,24-4+. The molecule has 8 heteroatoms. The van der Waals surface area contributed by atoms with Crippen LogP contribution in [0.25, 0.3) is 5.57 Å². The molecule has 1 N–H and O–H groups in total. The number of aromatic amines is 1. The number of rotatable bonds is 5. The second kappa shape index (κ2) is 9.77. The average molecular weight is 478 g/mol. The minimum Gasteiger partial charge on any atom is -0.497 e. The number of benzene rings is 1. The first-order valence-electron chi connectivity index (χ1n) is 12.2. The van der Waals surface area contributed by atoms with Gasteiger partial charge in [0.05, 0.1) is 12.9 Å². The van der Waals surface area contributed by atoms with Gasteiger partial charge in [0, 0.05) is 36.2 Å². The predicted octanol–water partition coefficient (Wildman–Crippen LogP) is 5.02. The lowest BCUT2D eigenvalue weighted by Crippen LogP contribution is -2.37. The van der Waals surface area contributed by atoms with E-state index in [1.165, 1.54) is 18.6 Å². The van der Waals surface area contributed by atoms with Gasteiger partial charge in [-0.1, -0.05) is 16.9 Å². The lowest BCUT2D eigenvalue weighted by Gasteiger charge is -2.32. The highest BCUT2D eigenvalue weighted by molar-refractivity contribution is 5.87. The summed E-state index contributed by atoms with van der Waals surface area (Å²) in [5, 5.41) is 14.9. The highest BCUT2D eigenvalue weighted by Gasteiger charge is 2.49. The molecule has 0 atom stereocenters. The Labute approximate surface area is 205 Å². The molecule has 2 fully saturated rings. The van der Waals surface area contributed by atoms with Crippen molar-refractivity contribution in [3.05, 3.63) is 76.1 Å². The summed E-state index contributed by atoms with van der Waals surface area (Å²) in [4.78, 5) is 2.52. The van der Waals surface area contributed by atoms with E-state index in [2.05, 4.69) is 31.6 Å². The summed E-state index contributed by atoms with van der Waals surface area (Å²) in [6.07, 6.45) is 9.44. The molecule has 0 radical (unpaired) electrons. The minimum absolute atomic E-state index is 0.0452. The smallest absolute Gasteiger partial charge is 0.181 e. The third-order valence-corrected chi connectivity index (χ3v) is 7.25. The zero-order valence-corrected chi connectivity index (χ0v) is 20.6. The van der Waals surface area contributed by atoms with Gasteiger partial charge < -0.3 is 14.4 Å². The number of fused-ring (bicyclic) bond motifs is 1. The van der Waals surface area contributed by atoms with Crippen LogP contribution in [0.1, 0.15) is 56.5 Å². The monoisotopic (exact) mass is 477 g/mol. The lowest BCUT2D eigenvalue weighted by atomic mass is 9.85. The molecule has 1 aliphatic carbocycles. The molecule has 5 rings (SSSR count). The zero-order chi connectivity index (χ0) is 24.4. The number of allylic oxidation sites excluding steroid dienone is 5. The van der Waals surface area contributed by atoms with E-state index in [-0.39, 0.29) is 11.2 Å². The number of hydrogen-bond donors (Lipinski definition) is 1. The Morgan fingerprint density at radius 3 is 2.71 bits per heavy atom. The number of methoxy groups -OCH3 is 1. The fraction of sp³-hybridized carbons (Fsp3) is 0.444. The second-order valence-electron chi connectivity index (χ2n) is 9.57. The summed E-state index contributed by atoms with van der Waals surface area (Å²) in [6.45, 7) is 6.74. The third kappa shape index (κ3) is 4.80. The molecule has 35 heavy (non-hydrogen) atoms. The Kier molecular flexibility index (Phi) is 6.56. The molecule has 1 saturated carbocycles. The molecule has 0 unspecified atom stereocenters. The van der Waals surface area contributed by atoms with E-state index in [9.17, 15) is 4.39 Å². The predicted molar refractivity (Wildman–Crippen MR) is 132 cm³/mol. The average Bonchev–Trinajstić information content (AvgIpc) is 3.47. The Morgan fingerprint density at radius 1 is 1.29 bits per heavy atom. The van der Waals surface area contributed by atoms with Gasteiger partial charge in [0.2, 0.25) is 0 Å². The van der Waals surface area contributed by atoms with Gasteiger partial charge in [0.1, 0.15) is 18.1 Å². The van der Waals surface area contributed by atoms with Gasteiger partial charge in [-0.15, -0.1) is 10.2 Å². The second-order valence-corrected chi connectivity index (χ2v) is 9.57. The van der Waals surface area contributed by atoms with Crippen LogP contribution in [0.5, 0.6) is 5.75 Å². The number of hydrogen-bond acceptors (Lipinski definition) is 6. The van der Waals surface area contributed by atoms with Crippen molar-refractivity contribution >= 4 is 5.57 Å². The Balaban J connectivity index is 1.49. The van der Waals surface area contributed by atoms with Crippen molar-refractivity contribution in [1.82, 2.24) is 25.5 Å². The number of H-pyrrole nitrogens is 1. The molecular weight excluding hydrogens is 445 g/mol. The van der Waals surface area contributed by atoms with Gasteiger partial charge in [0.25, 0.3) is 0 Å². The molecule has 0 spiro atoms. The van der Waals surface area contributed by atoms with Crippen LogP contribution in [-0.2, 0) is 16.8 Å². The van der Waals surface area contributed by atoms with Gasteiger partial charge >= 0.3 is 0 Å². The van der Waals surface area contributed by atoms with Crippen molar-refractivity contribution in [3.63, 3.8) is 0 Å². The highest BCUT2D eigenvalue weighted by Crippen LogP contribution is 2.48. The number of ether oxygens (including phenoxy) is 2. The van der Waals surface area contributed by atoms with Crippen LogP contribution in [0.15, 0.2) is 59.2 Å². The van der Waals surface area contributed by atoms with Crippen molar-refractivity contribution in [2.75, 3.05) is 26.7 Å². The van der Waals surface area contributed by atoms with E-state index in [0.29, 0.717) is 6.61 Å². The number of likely N-dealkylation sites (tertiary alicyclic amines) is 1. The van der Waals surface area contributed by atoms with Crippen LogP contribution < -0.4 is 4.74 Å². The van der Waals surface area contributed by atoms with Crippen molar-refractivity contribution in [2.45, 2.75) is 51.6 Å². The van der Waals surface area contributed by atoms with Crippen molar-refractivity contribution in [1.29, 1.82) is 0 Å². The van der Waals surface area contributed by atoms with Crippen LogP contribution in [0.3, 0.4) is 0 Å². The SMILES string of the molecule is C/C=C1/OCc2cc(OC)ccc2C(=C2CCN(CC3(c4nn[nH]n4)CC3)CC2)/C1=C/C=C(\C)F. The molecular formula is C27H32FN5O2. The molecule has 0 amide bonds. The molecule has 3 aliphatic rings. The Hall–Kier alpha value is -3.26. The van der Waals surface area contributed by atoms with E-state index in [0.717, 1.165) is 84.9 Å². The molecule has 2 aromatic rings. The fourth-order valence-electron chi connectivity index (χ4n) is 5.19. The largest absolute Gasteiger partial charge is 0.497 e. The first-order chi connectivity index (χ1) is 17.0. The molecule has 2 aliphatic heterocycles. The normalized spacial score (nSPS) is 22.7. The topological polar surface area (TPSA) is 76.2 Å². The molecule has 184 valence electrons. The Bertz CT molecular complexity index is 1190. The van der Waals surface area contributed by atoms with E-state index in [1.807, 2.05) is 31.2 Å². The molecule has 1 aromatic carbocycles. The van der Waals surface area contributed by atoms with Crippen molar-refractivity contribution in [2.24, 2.45) is 0 Å². The van der Waals surface area contributed by atoms with Crippen molar-refractivity contribution < 1.29 is 13.9 Å². The Morgan fingerprint density at radius 2 is 2.09 bits per heavy atom. The van der Waals surface area contributed by atoms with Gasteiger partial charge in [-0.25, -0.2) is 4.39 Å². The molecule has 0 bridgehead atoms. The summed E-state index contributed by atoms with van der Waals surface area (Å²) in [5.74, 6) is 2.18. The van der Waals surface area contributed by atoms with Gasteiger partial charge in [-0.2, -0.15) is 5.21 Å². The van der Waals surface area contributed by atoms with Crippen LogP contribution >= 0.6 is 0 Å². The number of halogens is 1. The third-order valence-electron chi connectivity index (χ3n) is 7.25. The molecule has 1 saturated heterocycles. The zero-order valence-electron chi connectivity index (χ0n) is 20.6. The first kappa shape index (κ1) is 23.5. The van der Waals surface area contributed by atoms with E-state index in [1.54, 1.807) is 7.11 Å². The summed E-state index contributed by atoms with van der Waals surface area (Å²) >= 11 is 0. The molecule has 7 nitrogen and oxygen atoms in total. The molecule has 3 heterocycles. The van der Waals surface area contributed by atoms with E-state index < -0.39 is 0 Å². The maximum absolute atomic E-state index is 13.8. The van der Waals surface area contributed by atoms with Crippen LogP contribution in [-0.4, -0.2) is 52.3 Å². The summed E-state index contributed by atoms with van der Waals surface area (Å²) in [6, 6.07) is 6.14. The minimum atomic E-state index is -0.234. The van der Waals surface area contributed by atoms with E-state index in [4.69, 9.17) is 9.47 Å². The fourth-order valence-corrected chi connectivity index (χ4v) is 5.19. The van der Waals surface area contributed by atoms with Crippen LogP contribution in [0.2, 0.25) is 0 Å². The van der Waals surface area contributed by atoms with Gasteiger partial charge in [-0.3, -0.25) is 0 Å². The maximum atomic E-state index is 13.8. The quantitative estimate of drug-likeness (QED) is 0.652. The first-order valence-corrected chi connectivity index (χ1v) is 12.2. The highest BCUT2D eigenvalue weighted by atomic mass is 19.1. The number of aromatic nitrogens is 4. The number of nitrogens with one attached hydrogen (secondary N) is 1.